The van der Waals surface area contributed by atoms with Crippen molar-refractivity contribution in [2.24, 2.45) is 0 Å². The fraction of sp³-hybridized carbons (Fsp3) is 0.667. The van der Waals surface area contributed by atoms with E-state index in [-0.39, 0.29) is 11.9 Å². The van der Waals surface area contributed by atoms with E-state index in [1.807, 2.05) is 11.8 Å². The van der Waals surface area contributed by atoms with E-state index >= 15 is 0 Å². The van der Waals surface area contributed by atoms with Crippen LogP contribution in [0.15, 0.2) is 18.3 Å². The lowest BCUT2D eigenvalue weighted by Gasteiger charge is -2.34. The summed E-state index contributed by atoms with van der Waals surface area (Å²) in [6.07, 6.45) is 1.79. The normalized spacial score (nSPS) is 16.4. The van der Waals surface area contributed by atoms with Gasteiger partial charge in [0, 0.05) is 18.8 Å². The van der Waals surface area contributed by atoms with Crippen LogP contribution in [0.25, 0.3) is 0 Å². The van der Waals surface area contributed by atoms with Crippen molar-refractivity contribution in [1.29, 1.82) is 0 Å². The SMILES string of the molecule is CCCN(C(=O)c1cccn1CC(F)F)C1CCNCC1. The molecule has 0 unspecified atom stereocenters. The van der Waals surface area contributed by atoms with Gasteiger partial charge in [0.1, 0.15) is 5.69 Å². The maximum atomic E-state index is 12.7. The average Bonchev–Trinajstić information content (AvgIpc) is 2.92. The van der Waals surface area contributed by atoms with Gasteiger partial charge in [-0.15, -0.1) is 0 Å². The number of nitrogens with zero attached hydrogens (tertiary/aromatic N) is 2. The fourth-order valence-corrected chi connectivity index (χ4v) is 2.87. The van der Waals surface area contributed by atoms with Crippen molar-refractivity contribution in [1.82, 2.24) is 14.8 Å². The first-order valence-electron chi connectivity index (χ1n) is 7.58. The summed E-state index contributed by atoms with van der Waals surface area (Å²) in [6, 6.07) is 3.49. The predicted molar refractivity (Wildman–Crippen MR) is 77.7 cm³/mol. The van der Waals surface area contributed by atoms with E-state index in [0.29, 0.717) is 12.2 Å². The molecule has 6 heteroatoms. The molecule has 1 aromatic rings. The van der Waals surface area contributed by atoms with Gasteiger partial charge in [0.25, 0.3) is 12.3 Å². The van der Waals surface area contributed by atoms with Crippen LogP contribution in [0, 0.1) is 0 Å². The summed E-state index contributed by atoms with van der Waals surface area (Å²) in [5.74, 6) is -0.130. The third kappa shape index (κ3) is 4.03. The van der Waals surface area contributed by atoms with Crippen molar-refractivity contribution in [3.05, 3.63) is 24.0 Å². The Balaban J connectivity index is 2.15. The maximum absolute atomic E-state index is 12.7. The molecule has 1 saturated heterocycles. The highest BCUT2D eigenvalue weighted by molar-refractivity contribution is 5.93. The Labute approximate surface area is 124 Å². The highest BCUT2D eigenvalue weighted by Crippen LogP contribution is 2.17. The Hall–Kier alpha value is -1.43. The third-order valence-electron chi connectivity index (χ3n) is 3.86. The van der Waals surface area contributed by atoms with Crippen LogP contribution in [-0.4, -0.2) is 47.5 Å². The van der Waals surface area contributed by atoms with Crippen molar-refractivity contribution in [2.75, 3.05) is 19.6 Å². The summed E-state index contributed by atoms with van der Waals surface area (Å²) < 4.78 is 26.5. The standard InChI is InChI=1S/C15H23F2N3O/c1-2-9-20(12-5-7-18-8-6-12)15(21)13-4-3-10-19(13)11-14(16)17/h3-4,10,12,14,18H,2,5-9,11H2,1H3. The number of hydrogen-bond acceptors (Lipinski definition) is 2. The van der Waals surface area contributed by atoms with Crippen molar-refractivity contribution < 1.29 is 13.6 Å². The molecule has 1 N–H and O–H groups in total. The first-order valence-corrected chi connectivity index (χ1v) is 7.58. The van der Waals surface area contributed by atoms with Gasteiger partial charge < -0.3 is 14.8 Å². The molecule has 2 rings (SSSR count). The molecule has 2 heterocycles. The van der Waals surface area contributed by atoms with E-state index in [4.69, 9.17) is 0 Å². The summed E-state index contributed by atoms with van der Waals surface area (Å²) in [6.45, 7) is 4.07. The Morgan fingerprint density at radius 3 is 2.81 bits per heavy atom. The Morgan fingerprint density at radius 2 is 2.19 bits per heavy atom. The molecule has 0 atom stereocenters. The van der Waals surface area contributed by atoms with Crippen LogP contribution in [0.3, 0.4) is 0 Å². The minimum atomic E-state index is -2.46. The average molecular weight is 299 g/mol. The summed E-state index contributed by atoms with van der Waals surface area (Å²) >= 11 is 0. The van der Waals surface area contributed by atoms with E-state index < -0.39 is 13.0 Å². The quantitative estimate of drug-likeness (QED) is 0.875. The molecule has 0 spiro atoms. The van der Waals surface area contributed by atoms with Gasteiger partial charge >= 0.3 is 0 Å². The van der Waals surface area contributed by atoms with Crippen LogP contribution < -0.4 is 5.32 Å². The predicted octanol–water partition coefficient (Wildman–Crippen LogP) is 2.36. The molecule has 1 aromatic heterocycles. The van der Waals surface area contributed by atoms with E-state index in [1.54, 1.807) is 18.3 Å². The molecule has 0 bridgehead atoms. The zero-order valence-electron chi connectivity index (χ0n) is 12.4. The first-order chi connectivity index (χ1) is 10.1. The molecule has 1 aliphatic heterocycles. The minimum Gasteiger partial charge on any atom is -0.338 e. The van der Waals surface area contributed by atoms with E-state index in [9.17, 15) is 13.6 Å². The summed E-state index contributed by atoms with van der Waals surface area (Å²) in [5, 5.41) is 3.28. The minimum absolute atomic E-state index is 0.130. The molecular formula is C15H23F2N3O. The number of halogens is 2. The second-order valence-corrected chi connectivity index (χ2v) is 5.42. The van der Waals surface area contributed by atoms with Crippen LogP contribution in [0.5, 0.6) is 0 Å². The van der Waals surface area contributed by atoms with Gasteiger partial charge in [-0.05, 0) is 44.5 Å². The van der Waals surface area contributed by atoms with E-state index in [1.165, 1.54) is 4.57 Å². The number of alkyl halides is 2. The zero-order chi connectivity index (χ0) is 15.2. The number of carbonyl (C=O) groups is 1. The van der Waals surface area contributed by atoms with E-state index in [0.717, 1.165) is 32.4 Å². The molecule has 0 radical (unpaired) electrons. The van der Waals surface area contributed by atoms with E-state index in [2.05, 4.69) is 5.32 Å². The molecule has 0 aliphatic carbocycles. The smallest absolute Gasteiger partial charge is 0.270 e. The summed E-state index contributed by atoms with van der Waals surface area (Å²) in [5.41, 5.74) is 0.363. The molecule has 1 aliphatic rings. The molecule has 21 heavy (non-hydrogen) atoms. The van der Waals surface area contributed by atoms with Crippen molar-refractivity contribution in [3.8, 4) is 0 Å². The second-order valence-electron chi connectivity index (χ2n) is 5.42. The molecular weight excluding hydrogens is 276 g/mol. The van der Waals surface area contributed by atoms with Gasteiger partial charge in [-0.25, -0.2) is 8.78 Å². The van der Waals surface area contributed by atoms with Gasteiger partial charge in [-0.3, -0.25) is 4.79 Å². The van der Waals surface area contributed by atoms with Gasteiger partial charge in [-0.2, -0.15) is 0 Å². The Bertz CT molecular complexity index is 456. The third-order valence-corrected chi connectivity index (χ3v) is 3.86. The largest absolute Gasteiger partial charge is 0.338 e. The van der Waals surface area contributed by atoms with Crippen molar-refractivity contribution in [3.63, 3.8) is 0 Å². The van der Waals surface area contributed by atoms with Crippen LogP contribution in [0.4, 0.5) is 8.78 Å². The molecule has 0 saturated carbocycles. The van der Waals surface area contributed by atoms with Gasteiger partial charge in [-0.1, -0.05) is 6.92 Å². The number of piperidine rings is 1. The lowest BCUT2D eigenvalue weighted by atomic mass is 10.0. The van der Waals surface area contributed by atoms with Crippen LogP contribution in [0.2, 0.25) is 0 Å². The van der Waals surface area contributed by atoms with Crippen LogP contribution in [-0.2, 0) is 6.54 Å². The first kappa shape index (κ1) is 15.9. The number of carbonyl (C=O) groups excluding carboxylic acids is 1. The van der Waals surface area contributed by atoms with Crippen LogP contribution in [0.1, 0.15) is 36.7 Å². The number of aromatic nitrogens is 1. The van der Waals surface area contributed by atoms with Crippen molar-refractivity contribution in [2.45, 2.75) is 45.2 Å². The molecule has 4 nitrogen and oxygen atoms in total. The Morgan fingerprint density at radius 1 is 1.48 bits per heavy atom. The van der Waals surface area contributed by atoms with Crippen molar-refractivity contribution >= 4 is 5.91 Å². The molecule has 1 fully saturated rings. The highest BCUT2D eigenvalue weighted by Gasteiger charge is 2.27. The molecule has 0 aromatic carbocycles. The lowest BCUT2D eigenvalue weighted by molar-refractivity contribution is 0.0623. The molecule has 118 valence electrons. The topological polar surface area (TPSA) is 37.3 Å². The number of hydrogen-bond donors (Lipinski definition) is 1. The number of rotatable bonds is 6. The summed E-state index contributed by atoms with van der Waals surface area (Å²) in [4.78, 5) is 14.6. The Kier molecular flexibility index (Phi) is 5.73. The van der Waals surface area contributed by atoms with Gasteiger partial charge in [0.2, 0.25) is 0 Å². The zero-order valence-corrected chi connectivity index (χ0v) is 12.4. The monoisotopic (exact) mass is 299 g/mol. The second kappa shape index (κ2) is 7.54. The number of amides is 1. The van der Waals surface area contributed by atoms with Crippen LogP contribution >= 0.6 is 0 Å². The summed E-state index contributed by atoms with van der Waals surface area (Å²) in [7, 11) is 0. The maximum Gasteiger partial charge on any atom is 0.270 e. The lowest BCUT2D eigenvalue weighted by Crippen LogP contribution is -2.47. The fourth-order valence-electron chi connectivity index (χ4n) is 2.87. The van der Waals surface area contributed by atoms with Gasteiger partial charge in [0.15, 0.2) is 0 Å². The molecule has 1 amide bonds. The number of nitrogens with one attached hydrogen (secondary N) is 1. The van der Waals surface area contributed by atoms with Gasteiger partial charge in [0.05, 0.1) is 6.54 Å². The highest BCUT2D eigenvalue weighted by atomic mass is 19.3.